The zero-order chi connectivity index (χ0) is 57.5. The Balaban J connectivity index is 2.64. The van der Waals surface area contributed by atoms with Crippen LogP contribution in [0.15, 0.2) is 36.5 Å². The number of aliphatic hydroxyl groups is 2. The minimum Gasteiger partial charge on any atom is -0.479 e. The average Bonchev–Trinajstić information content (AvgIpc) is 3.46. The van der Waals surface area contributed by atoms with Gasteiger partial charge in [0.15, 0.2) is 24.6 Å². The van der Waals surface area contributed by atoms with Gasteiger partial charge in [-0.05, 0) is 77.0 Å². The molecule has 0 spiro atoms. The Kier molecular flexibility index (Phi) is 51.9. The normalized spacial score (nSPS) is 18.0. The quantitative estimate of drug-likeness (QED) is 0.0228. The number of carboxylic acid groups (broad SMARTS) is 1. The maximum Gasteiger partial charge on any atom is 0.335 e. The second kappa shape index (κ2) is 55.5. The molecule has 460 valence electrons. The van der Waals surface area contributed by atoms with Crippen molar-refractivity contribution in [2.24, 2.45) is 0 Å². The fourth-order valence-electron chi connectivity index (χ4n) is 10.1. The van der Waals surface area contributed by atoms with Crippen LogP contribution >= 0.6 is 0 Å². The summed E-state index contributed by atoms with van der Waals surface area (Å²) < 4.78 is 28.5. The molecule has 1 saturated heterocycles. The molecule has 0 radical (unpaired) electrons. The maximum absolute atomic E-state index is 13.2. The topological polar surface area (TPSA) is 175 Å². The molecule has 1 heterocycles. The van der Waals surface area contributed by atoms with E-state index in [9.17, 15) is 34.5 Å². The van der Waals surface area contributed by atoms with Gasteiger partial charge in [0.1, 0.15) is 18.8 Å². The lowest BCUT2D eigenvalue weighted by Gasteiger charge is -2.40. The Morgan fingerprint density at radius 1 is 0.418 bits per heavy atom. The first-order valence-electron chi connectivity index (χ1n) is 33.0. The minimum absolute atomic E-state index is 0.0640. The van der Waals surface area contributed by atoms with E-state index in [0.29, 0.717) is 19.3 Å². The summed E-state index contributed by atoms with van der Waals surface area (Å²) >= 11 is 0. The zero-order valence-corrected chi connectivity index (χ0v) is 50.9. The van der Waals surface area contributed by atoms with E-state index >= 15 is 0 Å². The van der Waals surface area contributed by atoms with Crippen molar-refractivity contribution in [2.45, 2.75) is 353 Å². The van der Waals surface area contributed by atoms with Crippen LogP contribution < -0.4 is 0 Å². The van der Waals surface area contributed by atoms with Gasteiger partial charge in [0.25, 0.3) is 0 Å². The number of aliphatic carboxylic acids is 1. The van der Waals surface area contributed by atoms with Gasteiger partial charge in [-0.3, -0.25) is 14.4 Å². The van der Waals surface area contributed by atoms with Crippen LogP contribution in [-0.2, 0) is 42.9 Å². The number of carbonyl (C=O) groups is 4. The SMILES string of the molecule is CCCCC/C=C\C/C=C\CCCCCCCC(=O)OCC(COC1OC(C(=O)O)C(O)C(O)C1OC(=O)CCCCCCCCCCCCCCCCCCCCC)OC(=O)CCCCCCC/C=C\CCCCCCCC. The molecule has 1 aliphatic rings. The first kappa shape index (κ1) is 74.0. The van der Waals surface area contributed by atoms with Crippen LogP contribution in [0.1, 0.15) is 316 Å². The predicted octanol–water partition coefficient (Wildman–Crippen LogP) is 17.6. The molecular weight excluding hydrogens is 997 g/mol. The van der Waals surface area contributed by atoms with E-state index in [1.807, 2.05) is 0 Å². The first-order valence-corrected chi connectivity index (χ1v) is 33.0. The van der Waals surface area contributed by atoms with E-state index in [-0.39, 0.29) is 25.9 Å². The molecule has 6 atom stereocenters. The number of allylic oxidation sites excluding steroid dienone is 6. The van der Waals surface area contributed by atoms with Gasteiger partial charge in [0.05, 0.1) is 6.61 Å². The second-order valence-corrected chi connectivity index (χ2v) is 22.8. The van der Waals surface area contributed by atoms with Crippen LogP contribution in [0.5, 0.6) is 0 Å². The van der Waals surface area contributed by atoms with Gasteiger partial charge in [0, 0.05) is 19.3 Å². The number of rotatable bonds is 57. The Labute approximate surface area is 482 Å². The number of hydrogen-bond acceptors (Lipinski definition) is 11. The highest BCUT2D eigenvalue weighted by Crippen LogP contribution is 2.27. The summed E-state index contributed by atoms with van der Waals surface area (Å²) in [5, 5.41) is 31.6. The molecule has 3 N–H and O–H groups in total. The van der Waals surface area contributed by atoms with Crippen LogP contribution in [0, 0.1) is 0 Å². The van der Waals surface area contributed by atoms with E-state index in [0.717, 1.165) is 103 Å². The molecule has 0 aromatic carbocycles. The summed E-state index contributed by atoms with van der Waals surface area (Å²) in [7, 11) is 0. The van der Waals surface area contributed by atoms with Crippen LogP contribution in [0.4, 0.5) is 0 Å². The van der Waals surface area contributed by atoms with Gasteiger partial charge in [0.2, 0.25) is 0 Å². The lowest BCUT2D eigenvalue weighted by molar-refractivity contribution is -0.301. The van der Waals surface area contributed by atoms with E-state index in [1.165, 1.54) is 154 Å². The van der Waals surface area contributed by atoms with Gasteiger partial charge >= 0.3 is 23.9 Å². The third kappa shape index (κ3) is 45.2. The van der Waals surface area contributed by atoms with Crippen molar-refractivity contribution in [3.63, 3.8) is 0 Å². The standard InChI is InChI=1S/C67H120O12/c1-4-7-10-13-16-19-22-25-28-29-30-31-34-37-40-43-46-49-52-55-61(70)78-65-63(72)62(71)64(66(73)74)79-67(65)76-57-58(77-60(69)54-51-48-45-42-39-36-33-27-24-21-18-15-12-9-6-3)56-75-59(68)53-50-47-44-41-38-35-32-26-23-20-17-14-11-8-5-2/h17,20,26-27,32-33,58,62-65,67,71-72H,4-16,18-19,21-25,28-31,34-57H2,1-3H3,(H,73,74)/b20-17-,32-26-,33-27-. The number of aliphatic hydroxyl groups excluding tert-OH is 2. The van der Waals surface area contributed by atoms with Gasteiger partial charge in [-0.15, -0.1) is 0 Å². The van der Waals surface area contributed by atoms with Crippen molar-refractivity contribution in [3.8, 4) is 0 Å². The molecule has 12 nitrogen and oxygen atoms in total. The molecular formula is C67H120O12. The number of hydrogen-bond donors (Lipinski definition) is 3. The predicted molar refractivity (Wildman–Crippen MR) is 322 cm³/mol. The molecule has 1 fully saturated rings. The summed E-state index contributed by atoms with van der Waals surface area (Å²) in [6.07, 6.45) is 53.9. The van der Waals surface area contributed by atoms with Gasteiger partial charge in [-0.2, -0.15) is 0 Å². The van der Waals surface area contributed by atoms with E-state index < -0.39 is 67.3 Å². The third-order valence-corrected chi connectivity index (χ3v) is 15.2. The number of unbranched alkanes of at least 4 members (excludes halogenated alkanes) is 37. The fraction of sp³-hybridized carbons (Fsp3) is 0.851. The number of carbonyl (C=O) groups excluding carboxylic acids is 3. The van der Waals surface area contributed by atoms with Crippen molar-refractivity contribution >= 4 is 23.9 Å². The molecule has 12 heteroatoms. The summed E-state index contributed by atoms with van der Waals surface area (Å²) in [6, 6.07) is 0. The van der Waals surface area contributed by atoms with Crippen molar-refractivity contribution in [2.75, 3.05) is 13.2 Å². The highest BCUT2D eigenvalue weighted by molar-refractivity contribution is 5.74. The first-order chi connectivity index (χ1) is 38.6. The summed E-state index contributed by atoms with van der Waals surface area (Å²) in [5.41, 5.74) is 0. The lowest BCUT2D eigenvalue weighted by atomic mass is 9.98. The molecule has 79 heavy (non-hydrogen) atoms. The summed E-state index contributed by atoms with van der Waals surface area (Å²) in [6.45, 7) is 5.99. The summed E-state index contributed by atoms with van der Waals surface area (Å²) in [4.78, 5) is 51.3. The Bertz CT molecular complexity index is 1510. The second-order valence-electron chi connectivity index (χ2n) is 22.8. The molecule has 0 amide bonds. The molecule has 6 unspecified atom stereocenters. The monoisotopic (exact) mass is 1120 g/mol. The smallest absolute Gasteiger partial charge is 0.335 e. The Morgan fingerprint density at radius 3 is 1.18 bits per heavy atom. The van der Waals surface area contributed by atoms with E-state index in [1.54, 1.807) is 0 Å². The van der Waals surface area contributed by atoms with Crippen molar-refractivity contribution in [3.05, 3.63) is 36.5 Å². The van der Waals surface area contributed by atoms with E-state index in [4.69, 9.17) is 23.7 Å². The largest absolute Gasteiger partial charge is 0.479 e. The average molecular weight is 1120 g/mol. The van der Waals surface area contributed by atoms with Crippen LogP contribution in [-0.4, -0.2) is 89.2 Å². The number of carboxylic acids is 1. The molecule has 0 saturated carbocycles. The highest BCUT2D eigenvalue weighted by atomic mass is 16.7. The fourth-order valence-corrected chi connectivity index (χ4v) is 10.1. The molecule has 0 aromatic rings. The molecule has 0 aliphatic carbocycles. The molecule has 0 aromatic heterocycles. The zero-order valence-electron chi connectivity index (χ0n) is 50.9. The van der Waals surface area contributed by atoms with Crippen molar-refractivity contribution < 1.29 is 58.2 Å². The summed E-state index contributed by atoms with van der Waals surface area (Å²) in [5.74, 6) is -3.12. The Morgan fingerprint density at radius 2 is 0.759 bits per heavy atom. The molecule has 1 rings (SSSR count). The maximum atomic E-state index is 13.2. The van der Waals surface area contributed by atoms with E-state index in [2.05, 4.69) is 57.2 Å². The molecule has 0 bridgehead atoms. The third-order valence-electron chi connectivity index (χ3n) is 15.2. The lowest BCUT2D eigenvalue weighted by Crippen LogP contribution is -2.61. The van der Waals surface area contributed by atoms with Crippen LogP contribution in [0.3, 0.4) is 0 Å². The van der Waals surface area contributed by atoms with Crippen LogP contribution in [0.2, 0.25) is 0 Å². The number of ether oxygens (including phenoxy) is 5. The van der Waals surface area contributed by atoms with Crippen molar-refractivity contribution in [1.29, 1.82) is 0 Å². The highest BCUT2D eigenvalue weighted by Gasteiger charge is 2.50. The molecule has 1 aliphatic heterocycles. The van der Waals surface area contributed by atoms with Gasteiger partial charge < -0.3 is 39.0 Å². The van der Waals surface area contributed by atoms with Gasteiger partial charge in [-0.25, -0.2) is 4.79 Å². The van der Waals surface area contributed by atoms with Gasteiger partial charge in [-0.1, -0.05) is 256 Å². The van der Waals surface area contributed by atoms with Crippen molar-refractivity contribution in [1.82, 2.24) is 0 Å². The Hall–Kier alpha value is -3.06. The minimum atomic E-state index is -1.90. The number of esters is 3. The van der Waals surface area contributed by atoms with Crippen LogP contribution in [0.25, 0.3) is 0 Å².